The minimum atomic E-state index is -0.755. The number of amides is 1. The fourth-order valence-corrected chi connectivity index (χ4v) is 1.59. The van der Waals surface area contributed by atoms with Crippen LogP contribution in [0.1, 0.15) is 19.3 Å². The van der Waals surface area contributed by atoms with E-state index in [0.29, 0.717) is 6.04 Å². The number of hydrogen-bond acceptors (Lipinski definition) is 3. The average Bonchev–Trinajstić information content (AvgIpc) is 3.05. The molecule has 0 atom stereocenters. The van der Waals surface area contributed by atoms with E-state index < -0.39 is 11.6 Å². The van der Waals surface area contributed by atoms with Gasteiger partial charge in [0, 0.05) is 24.7 Å². The Kier molecular flexibility index (Phi) is 3.64. The fraction of sp³-hybridized carbons (Fsp3) is 0.417. The number of hydrogen-bond donors (Lipinski definition) is 3. The Bertz CT molecular complexity index is 438. The van der Waals surface area contributed by atoms with E-state index in [0.717, 1.165) is 25.0 Å². The Morgan fingerprint density at radius 1 is 1.33 bits per heavy atom. The molecule has 1 fully saturated rings. The Hall–Kier alpha value is -1.85. The SMILES string of the molecule is Nc1cc(F)c(NCCC(=O)NC2CC2)c(F)c1. The van der Waals surface area contributed by atoms with Gasteiger partial charge >= 0.3 is 0 Å². The maximum atomic E-state index is 13.4. The van der Waals surface area contributed by atoms with E-state index in [9.17, 15) is 13.6 Å². The Balaban J connectivity index is 1.84. The second-order valence-electron chi connectivity index (χ2n) is 4.38. The number of halogens is 2. The summed E-state index contributed by atoms with van der Waals surface area (Å²) in [5.74, 6) is -1.62. The van der Waals surface area contributed by atoms with Crippen LogP contribution in [0.25, 0.3) is 0 Å². The predicted octanol–water partition coefficient (Wildman–Crippen LogP) is 1.63. The smallest absolute Gasteiger partial charge is 0.221 e. The van der Waals surface area contributed by atoms with Crippen molar-refractivity contribution in [3.63, 3.8) is 0 Å². The van der Waals surface area contributed by atoms with Gasteiger partial charge in [-0.1, -0.05) is 0 Å². The minimum absolute atomic E-state index is 0.0297. The molecule has 4 nitrogen and oxygen atoms in total. The molecule has 2 rings (SSSR count). The first-order valence-electron chi connectivity index (χ1n) is 5.84. The van der Waals surface area contributed by atoms with Gasteiger partial charge < -0.3 is 16.4 Å². The van der Waals surface area contributed by atoms with Crippen LogP contribution in [0, 0.1) is 11.6 Å². The number of carbonyl (C=O) groups is 1. The Morgan fingerprint density at radius 2 is 1.94 bits per heavy atom. The summed E-state index contributed by atoms with van der Waals surface area (Å²) >= 11 is 0. The highest BCUT2D eigenvalue weighted by Gasteiger charge is 2.22. The molecule has 0 radical (unpaired) electrons. The Morgan fingerprint density at radius 3 is 2.50 bits per heavy atom. The molecular formula is C12H15F2N3O. The van der Waals surface area contributed by atoms with E-state index in [-0.39, 0.29) is 30.2 Å². The van der Waals surface area contributed by atoms with E-state index in [1.807, 2.05) is 0 Å². The van der Waals surface area contributed by atoms with Gasteiger partial charge in [-0.3, -0.25) is 4.79 Å². The zero-order valence-electron chi connectivity index (χ0n) is 9.80. The highest BCUT2D eigenvalue weighted by Crippen LogP contribution is 2.22. The van der Waals surface area contributed by atoms with Crippen LogP contribution in [0.5, 0.6) is 0 Å². The van der Waals surface area contributed by atoms with Crippen LogP contribution in [-0.4, -0.2) is 18.5 Å². The lowest BCUT2D eigenvalue weighted by atomic mass is 10.2. The zero-order valence-corrected chi connectivity index (χ0v) is 9.80. The number of nitrogen functional groups attached to an aromatic ring is 1. The van der Waals surface area contributed by atoms with E-state index >= 15 is 0 Å². The van der Waals surface area contributed by atoms with E-state index in [1.54, 1.807) is 0 Å². The molecule has 0 heterocycles. The van der Waals surface area contributed by atoms with E-state index in [2.05, 4.69) is 10.6 Å². The highest BCUT2D eigenvalue weighted by atomic mass is 19.1. The van der Waals surface area contributed by atoms with Crippen LogP contribution in [0.3, 0.4) is 0 Å². The second-order valence-corrected chi connectivity index (χ2v) is 4.38. The molecule has 1 aromatic rings. The van der Waals surface area contributed by atoms with E-state index in [1.165, 1.54) is 0 Å². The first-order chi connectivity index (χ1) is 8.56. The molecule has 6 heteroatoms. The summed E-state index contributed by atoms with van der Waals surface area (Å²) in [7, 11) is 0. The summed E-state index contributed by atoms with van der Waals surface area (Å²) in [6, 6.07) is 2.37. The summed E-state index contributed by atoms with van der Waals surface area (Å²) in [5.41, 5.74) is 5.08. The van der Waals surface area contributed by atoms with Gasteiger partial charge in [-0.05, 0) is 25.0 Å². The number of anilines is 2. The summed E-state index contributed by atoms with van der Waals surface area (Å²) in [4.78, 5) is 11.3. The number of rotatable bonds is 5. The third-order valence-electron chi connectivity index (χ3n) is 2.66. The molecule has 0 aromatic heterocycles. The van der Waals surface area contributed by atoms with Gasteiger partial charge in [0.05, 0.1) is 0 Å². The van der Waals surface area contributed by atoms with Crippen molar-refractivity contribution in [3.8, 4) is 0 Å². The first kappa shape index (κ1) is 12.6. The maximum absolute atomic E-state index is 13.4. The summed E-state index contributed by atoms with van der Waals surface area (Å²) in [6.45, 7) is 0.177. The molecular weight excluding hydrogens is 240 g/mol. The zero-order chi connectivity index (χ0) is 13.1. The van der Waals surface area contributed by atoms with Crippen molar-refractivity contribution in [2.24, 2.45) is 0 Å². The second kappa shape index (κ2) is 5.20. The molecule has 1 saturated carbocycles. The molecule has 0 unspecified atom stereocenters. The van der Waals surface area contributed by atoms with Crippen molar-refractivity contribution in [2.45, 2.75) is 25.3 Å². The van der Waals surface area contributed by atoms with Crippen LogP contribution in [0.2, 0.25) is 0 Å². The van der Waals surface area contributed by atoms with Crippen LogP contribution in [0.4, 0.5) is 20.2 Å². The lowest BCUT2D eigenvalue weighted by Crippen LogP contribution is -2.27. The molecule has 1 aliphatic rings. The van der Waals surface area contributed by atoms with Crippen LogP contribution < -0.4 is 16.4 Å². The van der Waals surface area contributed by atoms with Crippen LogP contribution >= 0.6 is 0 Å². The van der Waals surface area contributed by atoms with Crippen molar-refractivity contribution in [3.05, 3.63) is 23.8 Å². The minimum Gasteiger partial charge on any atom is -0.399 e. The molecule has 1 aliphatic carbocycles. The van der Waals surface area contributed by atoms with Crippen LogP contribution in [-0.2, 0) is 4.79 Å². The van der Waals surface area contributed by atoms with Crippen molar-refractivity contribution >= 4 is 17.3 Å². The molecule has 0 bridgehead atoms. The molecule has 1 aromatic carbocycles. The number of nitrogens with one attached hydrogen (secondary N) is 2. The lowest BCUT2D eigenvalue weighted by Gasteiger charge is -2.09. The normalized spacial score (nSPS) is 14.3. The molecule has 0 saturated heterocycles. The average molecular weight is 255 g/mol. The number of nitrogens with two attached hydrogens (primary N) is 1. The van der Waals surface area contributed by atoms with Crippen molar-refractivity contribution in [2.75, 3.05) is 17.6 Å². The lowest BCUT2D eigenvalue weighted by molar-refractivity contribution is -0.120. The molecule has 0 aliphatic heterocycles. The molecule has 1 amide bonds. The third-order valence-corrected chi connectivity index (χ3v) is 2.66. The largest absolute Gasteiger partial charge is 0.399 e. The summed E-state index contributed by atoms with van der Waals surface area (Å²) in [5, 5.41) is 5.36. The van der Waals surface area contributed by atoms with Gasteiger partial charge in [-0.15, -0.1) is 0 Å². The van der Waals surface area contributed by atoms with Crippen molar-refractivity contribution in [1.82, 2.24) is 5.32 Å². The third kappa shape index (κ3) is 3.32. The van der Waals surface area contributed by atoms with Crippen LogP contribution in [0.15, 0.2) is 12.1 Å². The standard InChI is InChI=1S/C12H15F2N3O/c13-9-5-7(15)6-10(14)12(9)16-4-3-11(18)17-8-1-2-8/h5-6,8,16H,1-4,15H2,(H,17,18). The maximum Gasteiger partial charge on any atom is 0.221 e. The van der Waals surface area contributed by atoms with E-state index in [4.69, 9.17) is 5.73 Å². The number of carbonyl (C=O) groups excluding carboxylic acids is 1. The molecule has 0 spiro atoms. The van der Waals surface area contributed by atoms with Crippen molar-refractivity contribution in [1.29, 1.82) is 0 Å². The van der Waals surface area contributed by atoms with Gasteiger partial charge in [0.25, 0.3) is 0 Å². The topological polar surface area (TPSA) is 67.1 Å². The molecule has 98 valence electrons. The fourth-order valence-electron chi connectivity index (χ4n) is 1.59. The summed E-state index contributed by atoms with van der Waals surface area (Å²) < 4.78 is 26.7. The van der Waals surface area contributed by atoms with Crippen molar-refractivity contribution < 1.29 is 13.6 Å². The molecule has 4 N–H and O–H groups in total. The van der Waals surface area contributed by atoms with Gasteiger partial charge in [0.15, 0.2) is 11.6 Å². The van der Waals surface area contributed by atoms with Gasteiger partial charge in [0.1, 0.15) is 5.69 Å². The summed E-state index contributed by atoms with van der Waals surface area (Å²) in [6.07, 6.45) is 2.21. The quantitative estimate of drug-likeness (QED) is 0.700. The highest BCUT2D eigenvalue weighted by molar-refractivity contribution is 5.77. The monoisotopic (exact) mass is 255 g/mol. The Labute approximate surface area is 104 Å². The molecule has 18 heavy (non-hydrogen) atoms. The van der Waals surface area contributed by atoms with Gasteiger partial charge in [0.2, 0.25) is 5.91 Å². The number of benzene rings is 1. The first-order valence-corrected chi connectivity index (χ1v) is 5.84. The van der Waals surface area contributed by atoms with Gasteiger partial charge in [-0.25, -0.2) is 8.78 Å². The predicted molar refractivity (Wildman–Crippen MR) is 65.0 cm³/mol. The van der Waals surface area contributed by atoms with Gasteiger partial charge in [-0.2, -0.15) is 0 Å².